The Hall–Kier alpha value is -1.86. The number of benzene rings is 2. The zero-order valence-corrected chi connectivity index (χ0v) is 21.1. The van der Waals surface area contributed by atoms with Crippen LogP contribution >= 0.6 is 8.58 Å². The van der Waals surface area contributed by atoms with Crippen molar-refractivity contribution in [1.29, 1.82) is 0 Å². The molecule has 0 aliphatic rings. The van der Waals surface area contributed by atoms with Crippen molar-refractivity contribution in [2.24, 2.45) is 0 Å². The molecule has 0 bridgehead atoms. The molecule has 6 nitrogen and oxygen atoms in total. The molecule has 0 aliphatic carbocycles. The predicted molar refractivity (Wildman–Crippen MR) is 126 cm³/mol. The monoisotopic (exact) mass is 455 g/mol. The van der Waals surface area contributed by atoms with Gasteiger partial charge in [-0.1, -0.05) is 26.8 Å². The maximum atomic E-state index is 13.4. The molecule has 0 amide bonds. The van der Waals surface area contributed by atoms with Gasteiger partial charge in [0.1, 0.15) is 34.3 Å². The van der Waals surface area contributed by atoms with E-state index in [9.17, 15) is 4.79 Å². The second-order valence-corrected chi connectivity index (χ2v) is 8.04. The largest absolute Gasteiger partial charge is 1.00 e. The first-order valence-corrected chi connectivity index (χ1v) is 11.7. The Bertz CT molecular complexity index is 807. The van der Waals surface area contributed by atoms with Crippen LogP contribution in [0.3, 0.4) is 0 Å². The van der Waals surface area contributed by atoms with Gasteiger partial charge >= 0.3 is 18.9 Å². The van der Waals surface area contributed by atoms with Crippen LogP contribution in [0.5, 0.6) is 28.7 Å². The van der Waals surface area contributed by atoms with Crippen molar-refractivity contribution in [3.8, 4) is 28.7 Å². The second kappa shape index (κ2) is 15.1. The molecule has 0 radical (unpaired) electrons. The molecule has 1 unspecified atom stereocenters. The first kappa shape index (κ1) is 28.2. The minimum absolute atomic E-state index is 0. The molecule has 8 heteroatoms. The molecule has 0 aliphatic heterocycles. The van der Waals surface area contributed by atoms with Crippen LogP contribution in [0, 0.1) is 0 Å². The molecule has 2 rings (SSSR count). The average molecular weight is 455 g/mol. The summed E-state index contributed by atoms with van der Waals surface area (Å²) in [4.78, 5) is 13.4. The van der Waals surface area contributed by atoms with Crippen molar-refractivity contribution < 1.29 is 47.3 Å². The zero-order valence-electron chi connectivity index (χ0n) is 20.1. The molecule has 2 aromatic carbocycles. The van der Waals surface area contributed by atoms with Gasteiger partial charge in [0.05, 0.1) is 39.3 Å². The fourth-order valence-electron chi connectivity index (χ4n) is 2.90. The van der Waals surface area contributed by atoms with Gasteiger partial charge in [0, 0.05) is 12.1 Å². The van der Waals surface area contributed by atoms with E-state index in [-0.39, 0.29) is 33.0 Å². The van der Waals surface area contributed by atoms with Crippen molar-refractivity contribution in [3.05, 3.63) is 35.9 Å². The van der Waals surface area contributed by atoms with Crippen LogP contribution in [-0.4, -0.2) is 39.6 Å². The molecule has 2 aromatic rings. The minimum atomic E-state index is -0.231. The maximum Gasteiger partial charge on any atom is 1.00 e. The van der Waals surface area contributed by atoms with Crippen molar-refractivity contribution in [3.63, 3.8) is 0 Å². The Morgan fingerprint density at radius 3 is 1.69 bits per heavy atom. The first-order chi connectivity index (χ1) is 15.1. The third-order valence-electron chi connectivity index (χ3n) is 4.33. The number of rotatable bonds is 14. The molecule has 32 heavy (non-hydrogen) atoms. The van der Waals surface area contributed by atoms with Crippen molar-refractivity contribution in [2.75, 3.05) is 34.0 Å². The van der Waals surface area contributed by atoms with E-state index in [2.05, 4.69) is 6.92 Å². The smallest absolute Gasteiger partial charge is 0.496 e. The maximum absolute atomic E-state index is 13.4. The second-order valence-electron chi connectivity index (χ2n) is 6.83. The summed E-state index contributed by atoms with van der Waals surface area (Å²) in [5, 5.41) is 0.726. The zero-order chi connectivity index (χ0) is 22.6. The summed E-state index contributed by atoms with van der Waals surface area (Å²) < 4.78 is 28.7. The first-order valence-electron chi connectivity index (χ1n) is 10.7. The average Bonchev–Trinajstić information content (AvgIpc) is 2.80. The van der Waals surface area contributed by atoms with Crippen LogP contribution in [0.4, 0.5) is 0 Å². The van der Waals surface area contributed by atoms with Gasteiger partial charge in [-0.2, -0.15) is 0 Å². The summed E-state index contributed by atoms with van der Waals surface area (Å²) in [5.74, 6) is 2.86. The van der Waals surface area contributed by atoms with Crippen LogP contribution in [-0.2, 0) is 0 Å². The molecular formula is C24H33LiO6P+. The number of carbonyl (C=O) groups excluding carboxylic acids is 1. The van der Waals surface area contributed by atoms with Gasteiger partial charge in [-0.15, -0.1) is 0 Å². The van der Waals surface area contributed by atoms with Crippen molar-refractivity contribution >= 4 is 19.4 Å². The van der Waals surface area contributed by atoms with E-state index in [0.717, 1.165) is 24.6 Å². The fourth-order valence-corrected chi connectivity index (χ4v) is 4.03. The van der Waals surface area contributed by atoms with Crippen molar-refractivity contribution in [2.45, 2.75) is 40.0 Å². The van der Waals surface area contributed by atoms with Gasteiger partial charge in [-0.25, -0.2) is 0 Å². The topological polar surface area (TPSA) is 63.2 Å². The number of ether oxygens (including phenoxy) is 5. The Morgan fingerprint density at radius 1 is 0.781 bits per heavy atom. The Kier molecular flexibility index (Phi) is 13.3. The molecule has 0 aromatic heterocycles. The summed E-state index contributed by atoms with van der Waals surface area (Å²) >= 11 is 0. The fraction of sp³-hybridized carbons (Fsp3) is 0.458. The van der Waals surface area contributed by atoms with E-state index in [1.165, 1.54) is 0 Å². The summed E-state index contributed by atoms with van der Waals surface area (Å²) in [7, 11) is 2.85. The van der Waals surface area contributed by atoms with Gasteiger partial charge in [0.2, 0.25) is 0 Å². The molecule has 0 N–H and O–H groups in total. The summed E-state index contributed by atoms with van der Waals surface area (Å²) in [6.07, 6.45) is 2.59. The van der Waals surface area contributed by atoms with Gasteiger partial charge < -0.3 is 23.7 Å². The van der Waals surface area contributed by atoms with Crippen LogP contribution in [0.2, 0.25) is 0 Å². The van der Waals surface area contributed by atoms with Crippen LogP contribution in [0.1, 0.15) is 50.4 Å². The van der Waals surface area contributed by atoms with E-state index in [4.69, 9.17) is 23.7 Å². The Morgan fingerprint density at radius 2 is 1.25 bits per heavy atom. The van der Waals surface area contributed by atoms with E-state index in [0.29, 0.717) is 54.1 Å². The van der Waals surface area contributed by atoms with Crippen LogP contribution in [0.25, 0.3) is 0 Å². The summed E-state index contributed by atoms with van der Waals surface area (Å²) in [5.41, 5.74) is 0.305. The predicted octanol–water partition coefficient (Wildman–Crippen LogP) is 2.22. The molecular weight excluding hydrogens is 422 g/mol. The van der Waals surface area contributed by atoms with E-state index in [1.807, 2.05) is 26.0 Å². The minimum Gasteiger partial charge on any atom is -0.496 e. The van der Waals surface area contributed by atoms with Crippen LogP contribution in [0.15, 0.2) is 30.3 Å². The molecule has 0 spiro atoms. The van der Waals surface area contributed by atoms with Gasteiger partial charge in [-0.3, -0.25) is 4.79 Å². The molecule has 0 fully saturated rings. The van der Waals surface area contributed by atoms with Crippen LogP contribution < -0.4 is 47.8 Å². The Labute approximate surface area is 205 Å². The number of methoxy groups -OCH3 is 2. The number of hydrogen-bond acceptors (Lipinski definition) is 6. The molecule has 0 saturated carbocycles. The van der Waals surface area contributed by atoms with Gasteiger partial charge in [-0.05, 0) is 40.0 Å². The third-order valence-corrected chi connectivity index (χ3v) is 5.55. The standard InChI is InChI=1S/C24H33O6P.Li/c1-6-12-28-17-15-20(29-13-7-2)23(21(16-17)30-14-8-3)31-24(25)22-18(26-4)10-9-11-19(22)27-5;/h9-11,15-16,31H,6-8,12-14H2,1-5H3;/q;+1. The Balaban J connectivity index is 0.00000512. The molecule has 0 heterocycles. The normalized spacial score (nSPS) is 10.5. The third kappa shape index (κ3) is 7.62. The molecule has 170 valence electrons. The van der Waals surface area contributed by atoms with Crippen molar-refractivity contribution in [1.82, 2.24) is 0 Å². The van der Waals surface area contributed by atoms with E-state index >= 15 is 0 Å². The quantitative estimate of drug-likeness (QED) is 0.322. The van der Waals surface area contributed by atoms with E-state index in [1.54, 1.807) is 32.4 Å². The summed E-state index contributed by atoms with van der Waals surface area (Å²) in [6.45, 7) is 7.80. The van der Waals surface area contributed by atoms with E-state index < -0.39 is 0 Å². The summed E-state index contributed by atoms with van der Waals surface area (Å²) in [6, 6.07) is 9.00. The SMILES string of the molecule is CCCOc1cc(OCCC)c(PC(=O)c2c(OC)cccc2OC)c(OCCC)c1.[Li+]. The van der Waals surface area contributed by atoms with Gasteiger partial charge in [0.25, 0.3) is 0 Å². The van der Waals surface area contributed by atoms with Gasteiger partial charge in [0.15, 0.2) is 5.52 Å². The molecule has 1 atom stereocenters. The number of carbonyl (C=O) groups is 1. The molecule has 0 saturated heterocycles. The number of hydrogen-bond donors (Lipinski definition) is 0.